The lowest BCUT2D eigenvalue weighted by Crippen LogP contribution is -2.64. The lowest BCUT2D eigenvalue weighted by atomic mass is 9.98. The third kappa shape index (κ3) is 7.28. The summed E-state index contributed by atoms with van der Waals surface area (Å²) in [5.41, 5.74) is -0.896. The summed E-state index contributed by atoms with van der Waals surface area (Å²) in [4.78, 5) is 14.1. The number of ether oxygens (including phenoxy) is 7. The van der Waals surface area contributed by atoms with Crippen LogP contribution in [0.2, 0.25) is 0 Å². The van der Waals surface area contributed by atoms with Crippen LogP contribution in [0.3, 0.4) is 0 Å². The Bertz CT molecular complexity index is 1750. The Labute approximate surface area is 293 Å². The zero-order chi connectivity index (χ0) is 37.6. The molecule has 4 heterocycles. The molecule has 3 fully saturated rings. The van der Waals surface area contributed by atoms with E-state index >= 15 is 0 Å². The van der Waals surface area contributed by atoms with Crippen molar-refractivity contribution in [3.8, 4) is 34.3 Å². The van der Waals surface area contributed by atoms with Crippen molar-refractivity contribution < 1.29 is 88.6 Å². The summed E-state index contributed by atoms with van der Waals surface area (Å²) in [6.45, 7) is 0.277. The molecule has 0 bridgehead atoms. The number of rotatable bonds is 9. The maximum Gasteiger partial charge on any atom is 0.239 e. The van der Waals surface area contributed by atoms with Gasteiger partial charge in [-0.2, -0.15) is 0 Å². The number of fused-ring (bicyclic) bond motifs is 1. The fourth-order valence-corrected chi connectivity index (χ4v) is 6.08. The summed E-state index contributed by atoms with van der Waals surface area (Å²) in [7, 11) is 1.33. The Hall–Kier alpha value is -3.67. The fourth-order valence-electron chi connectivity index (χ4n) is 6.08. The van der Waals surface area contributed by atoms with Crippen LogP contribution in [-0.2, 0) is 23.7 Å². The van der Waals surface area contributed by atoms with Crippen LogP contribution in [0.25, 0.3) is 22.3 Å². The average molecular weight is 741 g/mol. The van der Waals surface area contributed by atoms with Crippen molar-refractivity contribution in [2.45, 2.75) is 92.9 Å². The van der Waals surface area contributed by atoms with E-state index in [0.717, 1.165) is 6.07 Å². The number of aliphatic hydroxyl groups excluding tert-OH is 8. The second kappa shape index (κ2) is 15.4. The number of aromatic hydroxyl groups is 2. The molecule has 0 amide bonds. The molecule has 14 atom stereocenters. The lowest BCUT2D eigenvalue weighted by Gasteiger charge is -2.45. The number of methoxy groups -OCH3 is 1. The van der Waals surface area contributed by atoms with Crippen molar-refractivity contribution >= 4 is 11.0 Å². The van der Waals surface area contributed by atoms with Gasteiger partial charge in [0.25, 0.3) is 0 Å². The van der Waals surface area contributed by atoms with Gasteiger partial charge in [-0.05, 0) is 31.2 Å². The van der Waals surface area contributed by atoms with E-state index in [1.165, 1.54) is 44.4 Å². The predicted molar refractivity (Wildman–Crippen MR) is 170 cm³/mol. The second-order valence-electron chi connectivity index (χ2n) is 12.7. The van der Waals surface area contributed by atoms with Gasteiger partial charge in [0.2, 0.25) is 17.5 Å². The number of aliphatic hydroxyl groups is 8. The number of benzene rings is 2. The Morgan fingerprint density at radius 2 is 1.48 bits per heavy atom. The first-order valence-electron chi connectivity index (χ1n) is 16.2. The van der Waals surface area contributed by atoms with Crippen molar-refractivity contribution in [1.82, 2.24) is 0 Å². The standard InChI is InChI=1S/C33H40O19/c1-11-20(37)24(41)27(44)31(48-11)47-10-18-22(39)25(42)30(52-32-26(43)21(38)16(36)9-46-32)33(50-18)51-29-23(40)19-15(35)7-14(45-2)8-17(19)49-28(29)12-3-5-13(34)6-4-12/h3-8,11,16,18,20-22,24-27,30-39,41-44H,9-10H2,1-2H3/t11-,16-,18+,20-,21+,22+,24+,25-,26+,27-,30-,31+,32+,33-/m0/s1. The molecule has 0 aliphatic carbocycles. The van der Waals surface area contributed by atoms with Gasteiger partial charge in [0.15, 0.2) is 24.4 Å². The molecule has 0 unspecified atom stereocenters. The molecular weight excluding hydrogens is 700 g/mol. The molecule has 3 aliphatic rings. The molecule has 1 aromatic heterocycles. The van der Waals surface area contributed by atoms with Gasteiger partial charge in [-0.25, -0.2) is 0 Å². The summed E-state index contributed by atoms with van der Waals surface area (Å²) in [5, 5.41) is 104. The van der Waals surface area contributed by atoms with Gasteiger partial charge in [-0.15, -0.1) is 0 Å². The van der Waals surface area contributed by atoms with E-state index in [2.05, 4.69) is 0 Å². The minimum absolute atomic E-state index is 0.125. The smallest absolute Gasteiger partial charge is 0.239 e. The molecule has 19 nitrogen and oxygen atoms in total. The van der Waals surface area contributed by atoms with E-state index in [1.54, 1.807) is 0 Å². The van der Waals surface area contributed by atoms with Gasteiger partial charge in [-0.1, -0.05) is 0 Å². The van der Waals surface area contributed by atoms with Crippen molar-refractivity contribution in [3.05, 3.63) is 46.6 Å². The number of hydrogen-bond acceptors (Lipinski definition) is 19. The molecule has 0 spiro atoms. The quantitative estimate of drug-likeness (QED) is 0.107. The van der Waals surface area contributed by atoms with E-state index in [-0.39, 0.29) is 33.8 Å². The van der Waals surface area contributed by atoms with Gasteiger partial charge in [0, 0.05) is 17.7 Å². The van der Waals surface area contributed by atoms with Crippen LogP contribution in [-0.4, -0.2) is 157 Å². The largest absolute Gasteiger partial charge is 0.508 e. The number of phenols is 2. The molecule has 3 saturated heterocycles. The van der Waals surface area contributed by atoms with E-state index in [0.29, 0.717) is 0 Å². The summed E-state index contributed by atoms with van der Waals surface area (Å²) < 4.78 is 45.4. The predicted octanol–water partition coefficient (Wildman–Crippen LogP) is -2.63. The van der Waals surface area contributed by atoms with Crippen LogP contribution in [0.15, 0.2) is 45.6 Å². The molecule has 286 valence electrons. The van der Waals surface area contributed by atoms with E-state index in [1.807, 2.05) is 0 Å². The Morgan fingerprint density at radius 3 is 2.17 bits per heavy atom. The molecule has 3 aromatic rings. The second-order valence-corrected chi connectivity index (χ2v) is 12.7. The van der Waals surface area contributed by atoms with E-state index in [9.17, 15) is 55.9 Å². The van der Waals surface area contributed by atoms with Crippen molar-refractivity contribution in [1.29, 1.82) is 0 Å². The Morgan fingerprint density at radius 1 is 0.788 bits per heavy atom. The van der Waals surface area contributed by atoms with Crippen molar-refractivity contribution in [2.24, 2.45) is 0 Å². The highest BCUT2D eigenvalue weighted by Gasteiger charge is 2.51. The van der Waals surface area contributed by atoms with E-state index in [4.69, 9.17) is 37.6 Å². The molecule has 52 heavy (non-hydrogen) atoms. The first-order valence-corrected chi connectivity index (χ1v) is 16.2. The summed E-state index contributed by atoms with van der Waals surface area (Å²) >= 11 is 0. The molecule has 2 aromatic carbocycles. The lowest BCUT2D eigenvalue weighted by molar-refractivity contribution is -0.352. The highest BCUT2D eigenvalue weighted by atomic mass is 16.8. The van der Waals surface area contributed by atoms with Gasteiger partial charge >= 0.3 is 0 Å². The van der Waals surface area contributed by atoms with E-state index < -0.39 is 116 Å². The molecule has 19 heteroatoms. The van der Waals surface area contributed by atoms with Crippen LogP contribution in [0.1, 0.15) is 6.92 Å². The Balaban J connectivity index is 1.38. The topological polar surface area (TPSA) is 297 Å². The minimum atomic E-state index is -1.97. The van der Waals surface area contributed by atoms with Crippen molar-refractivity contribution in [2.75, 3.05) is 20.3 Å². The van der Waals surface area contributed by atoms with Gasteiger partial charge in [0.1, 0.15) is 83.2 Å². The zero-order valence-corrected chi connectivity index (χ0v) is 27.6. The fraction of sp³-hybridized carbons (Fsp3) is 0.545. The molecule has 0 saturated carbocycles. The zero-order valence-electron chi connectivity index (χ0n) is 27.6. The molecule has 3 aliphatic heterocycles. The third-order valence-corrected chi connectivity index (χ3v) is 9.13. The normalized spacial score (nSPS) is 36.8. The summed E-state index contributed by atoms with van der Waals surface area (Å²) in [6.07, 6.45) is -23.2. The third-order valence-electron chi connectivity index (χ3n) is 9.13. The molecule has 6 rings (SSSR count). The monoisotopic (exact) mass is 740 g/mol. The van der Waals surface area contributed by atoms with Gasteiger partial charge in [-0.3, -0.25) is 4.79 Å². The molecular formula is C33H40O19. The molecule has 0 radical (unpaired) electrons. The van der Waals surface area contributed by atoms with Crippen LogP contribution in [0.5, 0.6) is 23.0 Å². The van der Waals surface area contributed by atoms with Crippen LogP contribution in [0, 0.1) is 0 Å². The number of hydrogen-bond donors (Lipinski definition) is 10. The maximum absolute atomic E-state index is 14.1. The van der Waals surface area contributed by atoms with Gasteiger partial charge < -0.3 is 88.6 Å². The SMILES string of the molecule is COc1cc(O)c2c(=O)c(O[C@@H]3O[C@H](CO[C@@H]4O[C@@H](C)[C@H](O)[C@@H](O)[C@@H]4O)[C@@H](O)[C@H](O)[C@@H]3O[C@H]3OC[C@H](O)[C@@H](O)[C@H]3O)c(-c3ccc(O)cc3)oc2c1. The summed E-state index contributed by atoms with van der Waals surface area (Å²) in [6, 6.07) is 7.85. The van der Waals surface area contributed by atoms with Crippen LogP contribution < -0.4 is 14.9 Å². The van der Waals surface area contributed by atoms with Gasteiger partial charge in [0.05, 0.1) is 26.4 Å². The van der Waals surface area contributed by atoms with Crippen LogP contribution in [0.4, 0.5) is 0 Å². The molecule has 10 N–H and O–H groups in total. The van der Waals surface area contributed by atoms with Crippen molar-refractivity contribution in [3.63, 3.8) is 0 Å². The summed E-state index contributed by atoms with van der Waals surface area (Å²) in [5.74, 6) is -1.40. The minimum Gasteiger partial charge on any atom is -0.508 e. The highest BCUT2D eigenvalue weighted by molar-refractivity contribution is 5.88. The number of phenolic OH excluding ortho intramolecular Hbond substituents is 2. The first kappa shape index (κ1) is 38.1. The first-order chi connectivity index (χ1) is 24.7. The highest BCUT2D eigenvalue weighted by Crippen LogP contribution is 2.38. The van der Waals surface area contributed by atoms with Crippen LogP contribution >= 0.6 is 0 Å². The maximum atomic E-state index is 14.1. The average Bonchev–Trinajstić information content (AvgIpc) is 3.12. The Kier molecular flexibility index (Phi) is 11.2.